The highest BCUT2D eigenvalue weighted by molar-refractivity contribution is 6.07. The number of halogens is 5. The lowest BCUT2D eigenvalue weighted by molar-refractivity contribution is -0.176. The Morgan fingerprint density at radius 3 is 2.48 bits per heavy atom. The van der Waals surface area contributed by atoms with Gasteiger partial charge in [0.05, 0.1) is 7.11 Å². The van der Waals surface area contributed by atoms with E-state index in [1.54, 1.807) is 0 Å². The Bertz CT molecular complexity index is 611. The minimum Gasteiger partial charge on any atom is -0.497 e. The number of amides is 1. The number of benzene rings is 1. The third-order valence-corrected chi connectivity index (χ3v) is 3.01. The third-order valence-electron chi connectivity index (χ3n) is 3.01. The molecule has 1 aromatic rings. The van der Waals surface area contributed by atoms with Gasteiger partial charge in [-0.2, -0.15) is 22.0 Å². The van der Waals surface area contributed by atoms with E-state index in [1.165, 1.54) is 13.2 Å². The summed E-state index contributed by atoms with van der Waals surface area (Å²) in [6.45, 7) is 0. The lowest BCUT2D eigenvalue weighted by Gasteiger charge is -2.20. The molecule has 0 spiro atoms. The number of carbonyl (C=O) groups is 2. The Morgan fingerprint density at radius 2 is 1.95 bits per heavy atom. The first-order valence-electron chi connectivity index (χ1n) is 5.57. The molecule has 0 radical (unpaired) electrons. The SMILES string of the molecule is COc1ccc2c(c1)C(NC(=O)C(F)(F)F)C(F)(F)C2=O. The zero-order valence-corrected chi connectivity index (χ0v) is 10.4. The number of alkyl halides is 5. The second-order valence-electron chi connectivity index (χ2n) is 4.31. The second-order valence-corrected chi connectivity index (χ2v) is 4.31. The van der Waals surface area contributed by atoms with Gasteiger partial charge < -0.3 is 10.1 Å². The predicted molar refractivity (Wildman–Crippen MR) is 59.2 cm³/mol. The highest BCUT2D eigenvalue weighted by Gasteiger charge is 2.57. The standard InChI is InChI=1S/C12H8F5NO3/c1-21-5-2-3-6-7(4-5)8(11(13,14)9(6)19)18-10(20)12(15,16)17/h2-4,8H,1H3,(H,18,20). The van der Waals surface area contributed by atoms with Crippen LogP contribution in [0.15, 0.2) is 18.2 Å². The fourth-order valence-corrected chi connectivity index (χ4v) is 2.00. The molecule has 1 aromatic carbocycles. The second kappa shape index (κ2) is 4.68. The van der Waals surface area contributed by atoms with Crippen LogP contribution in [0.25, 0.3) is 0 Å². The molecule has 1 unspecified atom stereocenters. The van der Waals surface area contributed by atoms with Crippen LogP contribution in [0.3, 0.4) is 0 Å². The summed E-state index contributed by atoms with van der Waals surface area (Å²) in [4.78, 5) is 22.4. The summed E-state index contributed by atoms with van der Waals surface area (Å²) in [6, 6.07) is 0.852. The molecule has 1 aliphatic carbocycles. The van der Waals surface area contributed by atoms with Crippen LogP contribution in [-0.2, 0) is 4.79 Å². The smallest absolute Gasteiger partial charge is 0.471 e. The highest BCUT2D eigenvalue weighted by atomic mass is 19.4. The summed E-state index contributed by atoms with van der Waals surface area (Å²) in [7, 11) is 1.22. The molecule has 0 aromatic heterocycles. The average Bonchev–Trinajstić information content (AvgIpc) is 2.58. The van der Waals surface area contributed by atoms with Crippen molar-refractivity contribution in [1.29, 1.82) is 0 Å². The number of ether oxygens (including phenoxy) is 1. The Balaban J connectivity index is 2.46. The fraction of sp³-hybridized carbons (Fsp3) is 0.333. The summed E-state index contributed by atoms with van der Waals surface area (Å²) >= 11 is 0. The molecule has 0 aliphatic heterocycles. The molecular formula is C12H8F5NO3. The number of carbonyl (C=O) groups excluding carboxylic acids is 2. The number of methoxy groups -OCH3 is 1. The summed E-state index contributed by atoms with van der Waals surface area (Å²) in [6.07, 6.45) is -5.33. The molecular weight excluding hydrogens is 301 g/mol. The lowest BCUT2D eigenvalue weighted by atomic mass is 10.1. The van der Waals surface area contributed by atoms with Crippen LogP contribution < -0.4 is 10.1 Å². The van der Waals surface area contributed by atoms with E-state index in [4.69, 9.17) is 4.74 Å². The third kappa shape index (κ3) is 2.43. The first kappa shape index (κ1) is 15.2. The van der Waals surface area contributed by atoms with Crippen molar-refractivity contribution >= 4 is 11.7 Å². The van der Waals surface area contributed by atoms with Gasteiger partial charge in [0.25, 0.3) is 0 Å². The van der Waals surface area contributed by atoms with Crippen molar-refractivity contribution in [2.75, 3.05) is 7.11 Å². The monoisotopic (exact) mass is 309 g/mol. The molecule has 2 rings (SSSR count). The molecule has 4 nitrogen and oxygen atoms in total. The summed E-state index contributed by atoms with van der Waals surface area (Å²) in [5.41, 5.74) is -0.866. The molecule has 1 amide bonds. The normalized spacial score (nSPS) is 20.1. The summed E-state index contributed by atoms with van der Waals surface area (Å²) in [5, 5.41) is 1.16. The van der Waals surface area contributed by atoms with E-state index in [-0.39, 0.29) is 5.75 Å². The minimum atomic E-state index is -5.33. The molecule has 0 saturated carbocycles. The number of rotatable bonds is 2. The van der Waals surface area contributed by atoms with Gasteiger partial charge in [0.15, 0.2) is 0 Å². The minimum absolute atomic E-state index is 0.0745. The molecule has 114 valence electrons. The van der Waals surface area contributed by atoms with E-state index in [9.17, 15) is 31.5 Å². The van der Waals surface area contributed by atoms with Crippen molar-refractivity contribution in [2.24, 2.45) is 0 Å². The maximum Gasteiger partial charge on any atom is 0.471 e. The van der Waals surface area contributed by atoms with Gasteiger partial charge in [0.1, 0.15) is 11.8 Å². The molecule has 9 heteroatoms. The van der Waals surface area contributed by atoms with Crippen LogP contribution in [0.1, 0.15) is 22.0 Å². The van der Waals surface area contributed by atoms with Gasteiger partial charge in [-0.15, -0.1) is 0 Å². The van der Waals surface area contributed by atoms with E-state index in [0.717, 1.165) is 17.4 Å². The molecule has 0 saturated heterocycles. The fourth-order valence-electron chi connectivity index (χ4n) is 2.00. The van der Waals surface area contributed by atoms with E-state index in [0.29, 0.717) is 0 Å². The molecule has 0 bridgehead atoms. The largest absolute Gasteiger partial charge is 0.497 e. The first-order chi connectivity index (χ1) is 9.59. The van der Waals surface area contributed by atoms with Gasteiger partial charge >= 0.3 is 18.0 Å². The molecule has 21 heavy (non-hydrogen) atoms. The Kier molecular flexibility index (Phi) is 3.38. The zero-order chi connectivity index (χ0) is 16.0. The van der Waals surface area contributed by atoms with Gasteiger partial charge in [0.2, 0.25) is 5.78 Å². The quantitative estimate of drug-likeness (QED) is 0.853. The number of hydrogen-bond acceptors (Lipinski definition) is 3. The van der Waals surface area contributed by atoms with Gasteiger partial charge in [-0.3, -0.25) is 9.59 Å². The van der Waals surface area contributed by atoms with E-state index in [1.807, 2.05) is 0 Å². The summed E-state index contributed by atoms with van der Waals surface area (Å²) < 4.78 is 69.0. The Hall–Kier alpha value is -2.19. The van der Waals surface area contributed by atoms with Crippen LogP contribution in [0.4, 0.5) is 22.0 Å². The maximum atomic E-state index is 13.8. The van der Waals surface area contributed by atoms with Gasteiger partial charge in [-0.25, -0.2) is 0 Å². The summed E-state index contributed by atoms with van der Waals surface area (Å²) in [5.74, 6) is -8.27. The molecule has 0 heterocycles. The lowest BCUT2D eigenvalue weighted by Crippen LogP contribution is -2.45. The van der Waals surface area contributed by atoms with Crippen molar-refractivity contribution in [3.05, 3.63) is 29.3 Å². The van der Waals surface area contributed by atoms with E-state index in [2.05, 4.69) is 0 Å². The molecule has 1 N–H and O–H groups in total. The van der Waals surface area contributed by atoms with Crippen molar-refractivity contribution in [3.63, 3.8) is 0 Å². The first-order valence-corrected chi connectivity index (χ1v) is 5.57. The van der Waals surface area contributed by atoms with Crippen molar-refractivity contribution in [3.8, 4) is 5.75 Å². The van der Waals surface area contributed by atoms with Crippen LogP contribution in [0, 0.1) is 0 Å². The topological polar surface area (TPSA) is 55.4 Å². The van der Waals surface area contributed by atoms with Gasteiger partial charge in [-0.05, 0) is 23.8 Å². The molecule has 1 aliphatic rings. The van der Waals surface area contributed by atoms with Crippen LogP contribution in [-0.4, -0.2) is 30.9 Å². The van der Waals surface area contributed by atoms with Crippen LogP contribution in [0.5, 0.6) is 5.75 Å². The number of Topliss-reactive ketones (excluding diaryl/α,β-unsaturated/α-hetero) is 1. The number of nitrogens with one attached hydrogen (secondary N) is 1. The molecule has 0 fully saturated rings. The number of hydrogen-bond donors (Lipinski definition) is 1. The Labute approximate surface area is 114 Å². The zero-order valence-electron chi connectivity index (χ0n) is 10.4. The van der Waals surface area contributed by atoms with Gasteiger partial charge in [0, 0.05) is 5.56 Å². The highest BCUT2D eigenvalue weighted by Crippen LogP contribution is 2.44. The maximum absolute atomic E-state index is 13.8. The predicted octanol–water partition coefficient (Wildman–Crippen LogP) is 2.25. The van der Waals surface area contributed by atoms with Crippen molar-refractivity contribution in [1.82, 2.24) is 5.32 Å². The molecule has 1 atom stereocenters. The van der Waals surface area contributed by atoms with Gasteiger partial charge in [-0.1, -0.05) is 0 Å². The number of ketones is 1. The number of fused-ring (bicyclic) bond motifs is 1. The van der Waals surface area contributed by atoms with Crippen molar-refractivity contribution in [2.45, 2.75) is 18.1 Å². The van der Waals surface area contributed by atoms with Crippen molar-refractivity contribution < 1.29 is 36.3 Å². The van der Waals surface area contributed by atoms with Crippen LogP contribution in [0.2, 0.25) is 0 Å². The average molecular weight is 309 g/mol. The Morgan fingerprint density at radius 1 is 1.33 bits per heavy atom. The van der Waals surface area contributed by atoms with Crippen LogP contribution >= 0.6 is 0 Å². The van der Waals surface area contributed by atoms with E-state index >= 15 is 0 Å². The van der Waals surface area contributed by atoms with E-state index < -0.39 is 41.0 Å².